The number of nitrogens with one attached hydrogen (secondary N) is 1. The fourth-order valence-electron chi connectivity index (χ4n) is 6.09. The smallest absolute Gasteiger partial charge is 0.406 e. The molecule has 0 spiro atoms. The van der Waals surface area contributed by atoms with Crippen LogP contribution in [0.25, 0.3) is 11.1 Å². The van der Waals surface area contributed by atoms with Gasteiger partial charge in [-0.3, -0.25) is 10.1 Å². The fraction of sp³-hybridized carbons (Fsp3) is 0.414. The van der Waals surface area contributed by atoms with Gasteiger partial charge in [-0.1, -0.05) is 25.0 Å². The van der Waals surface area contributed by atoms with Gasteiger partial charge in [0.15, 0.2) is 0 Å². The van der Waals surface area contributed by atoms with Gasteiger partial charge in [0.25, 0.3) is 5.69 Å². The van der Waals surface area contributed by atoms with Crippen LogP contribution in [0.4, 0.5) is 30.4 Å². The van der Waals surface area contributed by atoms with E-state index in [2.05, 4.69) is 19.9 Å². The van der Waals surface area contributed by atoms with Crippen molar-refractivity contribution in [3.05, 3.63) is 77.0 Å². The van der Waals surface area contributed by atoms with Crippen molar-refractivity contribution in [3.63, 3.8) is 0 Å². The zero-order chi connectivity index (χ0) is 28.3. The summed E-state index contributed by atoms with van der Waals surface area (Å²) >= 11 is 0. The monoisotopic (exact) mass is 555 g/mol. The lowest BCUT2D eigenvalue weighted by Crippen LogP contribution is -2.64. The molecule has 5 rings (SSSR count). The first kappa shape index (κ1) is 27.7. The molecule has 1 saturated heterocycles. The highest BCUT2D eigenvalue weighted by molar-refractivity contribution is 5.67. The summed E-state index contributed by atoms with van der Waals surface area (Å²) in [5.74, 6) is 0.539. The van der Waals surface area contributed by atoms with Crippen LogP contribution >= 0.6 is 0 Å². The fourth-order valence-corrected chi connectivity index (χ4v) is 6.09. The molecule has 1 saturated carbocycles. The molecule has 1 aliphatic heterocycles. The summed E-state index contributed by atoms with van der Waals surface area (Å²) in [7, 11) is 0. The molecule has 0 amide bonds. The predicted octanol–water partition coefficient (Wildman–Crippen LogP) is 6.52. The molecule has 3 aromatic rings. The number of aromatic nitrogens is 1. The molecule has 2 aliphatic rings. The average molecular weight is 556 g/mol. The summed E-state index contributed by atoms with van der Waals surface area (Å²) in [6, 6.07) is 16.1. The lowest BCUT2D eigenvalue weighted by atomic mass is 9.67. The van der Waals surface area contributed by atoms with Crippen molar-refractivity contribution in [1.82, 2.24) is 4.98 Å². The second kappa shape index (κ2) is 11.3. The molecule has 11 heteroatoms. The van der Waals surface area contributed by atoms with Crippen LogP contribution in [-0.2, 0) is 0 Å². The first-order chi connectivity index (χ1) is 19.1. The van der Waals surface area contributed by atoms with Crippen LogP contribution < -0.4 is 20.7 Å². The van der Waals surface area contributed by atoms with Crippen molar-refractivity contribution in [3.8, 4) is 16.9 Å². The van der Waals surface area contributed by atoms with E-state index in [9.17, 15) is 23.3 Å². The molecule has 3 atom stereocenters. The van der Waals surface area contributed by atoms with Gasteiger partial charge in [-0.25, -0.2) is 4.98 Å². The third-order valence-corrected chi connectivity index (χ3v) is 8.09. The number of hydrogen-bond donors (Lipinski definition) is 2. The molecular formula is C29H32F3N5O3. The van der Waals surface area contributed by atoms with E-state index in [1.165, 1.54) is 30.3 Å². The first-order valence-corrected chi connectivity index (χ1v) is 13.5. The number of anilines is 2. The number of piperidine rings is 1. The standard InChI is InChI=1S/C29H32F3N5O3/c30-29(31,32)40-25-7-3-5-20(17-25)21-13-15-34-27(18-21)35-26-8-1-2-14-28(26,33)22-6-4-16-36(19-22)23-9-11-24(12-10-23)37(38)39/h3,5,7,9-13,15,17-18,22,26H,1-2,4,6,8,14,16,19,33H2,(H,34,35). The number of nitrogens with zero attached hydrogens (tertiary/aromatic N) is 3. The Morgan fingerprint density at radius 1 is 1.05 bits per heavy atom. The van der Waals surface area contributed by atoms with Crippen LogP contribution in [0.5, 0.6) is 5.75 Å². The minimum Gasteiger partial charge on any atom is -0.406 e. The van der Waals surface area contributed by atoms with Gasteiger partial charge < -0.3 is 20.7 Å². The zero-order valence-corrected chi connectivity index (χ0v) is 21.9. The molecular weight excluding hydrogens is 523 g/mol. The van der Waals surface area contributed by atoms with Crippen LogP contribution in [-0.4, -0.2) is 40.9 Å². The maximum Gasteiger partial charge on any atom is 0.573 e. The van der Waals surface area contributed by atoms with Crippen LogP contribution in [0, 0.1) is 16.0 Å². The number of nitro benzene ring substituents is 1. The van der Waals surface area contributed by atoms with Crippen LogP contribution in [0.1, 0.15) is 38.5 Å². The summed E-state index contributed by atoms with van der Waals surface area (Å²) in [5, 5.41) is 14.6. The summed E-state index contributed by atoms with van der Waals surface area (Å²) in [4.78, 5) is 17.4. The normalized spacial score (nSPS) is 23.4. The van der Waals surface area contributed by atoms with Crippen molar-refractivity contribution >= 4 is 17.2 Å². The van der Waals surface area contributed by atoms with Crippen molar-refractivity contribution in [2.45, 2.75) is 56.5 Å². The topological polar surface area (TPSA) is 107 Å². The van der Waals surface area contributed by atoms with Gasteiger partial charge in [-0.05, 0) is 79.1 Å². The van der Waals surface area contributed by atoms with Crippen molar-refractivity contribution in [1.29, 1.82) is 0 Å². The Hall–Kier alpha value is -3.86. The number of nitrogens with two attached hydrogens (primary N) is 1. The van der Waals surface area contributed by atoms with Gasteiger partial charge in [0.05, 0.1) is 4.92 Å². The van der Waals surface area contributed by atoms with E-state index in [0.717, 1.165) is 57.3 Å². The highest BCUT2D eigenvalue weighted by Gasteiger charge is 2.45. The largest absolute Gasteiger partial charge is 0.573 e. The van der Waals surface area contributed by atoms with Gasteiger partial charge in [0.2, 0.25) is 0 Å². The minimum atomic E-state index is -4.76. The zero-order valence-electron chi connectivity index (χ0n) is 21.9. The molecule has 0 radical (unpaired) electrons. The van der Waals surface area contributed by atoms with Crippen molar-refractivity contribution in [2.75, 3.05) is 23.3 Å². The molecule has 3 unspecified atom stereocenters. The summed E-state index contributed by atoms with van der Waals surface area (Å²) in [6.07, 6.45) is 2.63. The van der Waals surface area contributed by atoms with E-state index < -0.39 is 16.8 Å². The number of non-ortho nitro benzene ring substituents is 1. The second-order valence-corrected chi connectivity index (χ2v) is 10.6. The summed E-state index contributed by atoms with van der Waals surface area (Å²) in [5.41, 5.74) is 9.05. The lowest BCUT2D eigenvalue weighted by Gasteiger charge is -2.50. The lowest BCUT2D eigenvalue weighted by molar-refractivity contribution is -0.384. The molecule has 2 heterocycles. The molecule has 8 nitrogen and oxygen atoms in total. The Morgan fingerprint density at radius 3 is 2.58 bits per heavy atom. The summed E-state index contributed by atoms with van der Waals surface area (Å²) in [6.45, 7) is 1.62. The summed E-state index contributed by atoms with van der Waals surface area (Å²) < 4.78 is 42.2. The molecule has 212 valence electrons. The van der Waals surface area contributed by atoms with Crippen LogP contribution in [0.2, 0.25) is 0 Å². The van der Waals surface area contributed by atoms with Gasteiger partial charge >= 0.3 is 6.36 Å². The minimum absolute atomic E-state index is 0.0364. The number of ether oxygens (including phenoxy) is 1. The van der Waals surface area contributed by atoms with E-state index in [-0.39, 0.29) is 23.4 Å². The highest BCUT2D eigenvalue weighted by atomic mass is 19.4. The predicted molar refractivity (Wildman–Crippen MR) is 147 cm³/mol. The van der Waals surface area contributed by atoms with E-state index in [1.54, 1.807) is 30.5 Å². The van der Waals surface area contributed by atoms with E-state index >= 15 is 0 Å². The molecule has 2 fully saturated rings. The number of nitro groups is 1. The van der Waals surface area contributed by atoms with E-state index in [1.807, 2.05) is 6.07 Å². The van der Waals surface area contributed by atoms with Gasteiger partial charge in [0.1, 0.15) is 11.6 Å². The Bertz CT molecular complexity index is 1340. The quantitative estimate of drug-likeness (QED) is 0.252. The third-order valence-electron chi connectivity index (χ3n) is 8.09. The molecule has 40 heavy (non-hydrogen) atoms. The van der Waals surface area contributed by atoms with Crippen molar-refractivity contribution < 1.29 is 22.8 Å². The van der Waals surface area contributed by atoms with Crippen molar-refractivity contribution in [2.24, 2.45) is 11.7 Å². The Morgan fingerprint density at radius 2 is 1.82 bits per heavy atom. The number of hydrogen-bond acceptors (Lipinski definition) is 7. The van der Waals surface area contributed by atoms with Gasteiger partial charge in [-0.15, -0.1) is 13.2 Å². The van der Waals surface area contributed by atoms with E-state index in [0.29, 0.717) is 16.9 Å². The Kier molecular flexibility index (Phi) is 7.84. The van der Waals surface area contributed by atoms with Crippen LogP contribution in [0.15, 0.2) is 66.9 Å². The van der Waals surface area contributed by atoms with Crippen LogP contribution in [0.3, 0.4) is 0 Å². The Balaban J connectivity index is 1.33. The average Bonchev–Trinajstić information content (AvgIpc) is 2.94. The number of pyridine rings is 1. The highest BCUT2D eigenvalue weighted by Crippen LogP contribution is 2.40. The maximum absolute atomic E-state index is 12.7. The SMILES string of the molecule is NC1(C2CCCN(c3ccc([N+](=O)[O-])cc3)C2)CCCCC1Nc1cc(-c2cccc(OC(F)(F)F)c2)ccn1. The number of benzene rings is 2. The molecule has 1 aliphatic carbocycles. The van der Waals surface area contributed by atoms with Gasteiger partial charge in [-0.2, -0.15) is 0 Å². The van der Waals surface area contributed by atoms with E-state index in [4.69, 9.17) is 5.73 Å². The third kappa shape index (κ3) is 6.30. The number of alkyl halides is 3. The number of halogens is 3. The Labute approximate surface area is 230 Å². The molecule has 1 aromatic heterocycles. The first-order valence-electron chi connectivity index (χ1n) is 13.5. The molecule has 3 N–H and O–H groups in total. The molecule has 2 aromatic carbocycles. The van der Waals surface area contributed by atoms with Gasteiger partial charge in [0, 0.05) is 48.7 Å². The molecule has 0 bridgehead atoms. The maximum atomic E-state index is 12.7. The number of rotatable bonds is 7. The second-order valence-electron chi connectivity index (χ2n) is 10.6.